The number of nitrogens with one attached hydrogen (secondary N) is 2. The summed E-state index contributed by atoms with van der Waals surface area (Å²) in [5, 5.41) is 5.72. The van der Waals surface area contributed by atoms with Crippen molar-refractivity contribution in [3.05, 3.63) is 0 Å². The topological polar surface area (TPSA) is 61.4 Å². The molecule has 0 aliphatic heterocycles. The Morgan fingerprint density at radius 2 is 1.94 bits per heavy atom. The van der Waals surface area contributed by atoms with Gasteiger partial charge >= 0.3 is 0 Å². The van der Waals surface area contributed by atoms with Crippen LogP contribution in [0, 0.1) is 0 Å². The first-order valence-electron chi connectivity index (χ1n) is 6.27. The molecule has 0 fully saturated rings. The predicted molar refractivity (Wildman–Crippen MR) is 68.7 cm³/mol. The standard InChI is InChI=1S/C12H25N3O2/c1-5-7-8-13-11(16)9-14-10(3)12(17)15(4)6-2/h10,14H,5-9H2,1-4H3,(H,13,16). The van der Waals surface area contributed by atoms with Crippen LogP contribution in [0.4, 0.5) is 0 Å². The highest BCUT2D eigenvalue weighted by Gasteiger charge is 2.16. The molecule has 0 spiro atoms. The van der Waals surface area contributed by atoms with Crippen molar-refractivity contribution in [2.24, 2.45) is 0 Å². The van der Waals surface area contributed by atoms with Gasteiger partial charge in [-0.25, -0.2) is 0 Å². The molecule has 17 heavy (non-hydrogen) atoms. The first-order chi connectivity index (χ1) is 8.02. The molecule has 0 aromatic carbocycles. The normalized spacial score (nSPS) is 12.0. The first-order valence-corrected chi connectivity index (χ1v) is 6.27. The van der Waals surface area contributed by atoms with Crippen LogP contribution in [0.5, 0.6) is 0 Å². The molecule has 0 aliphatic carbocycles. The average Bonchev–Trinajstić information content (AvgIpc) is 2.34. The van der Waals surface area contributed by atoms with E-state index in [1.807, 2.05) is 6.92 Å². The maximum absolute atomic E-state index is 11.7. The molecule has 0 aromatic rings. The average molecular weight is 243 g/mol. The number of amides is 2. The van der Waals surface area contributed by atoms with Gasteiger partial charge in [-0.15, -0.1) is 0 Å². The lowest BCUT2D eigenvalue weighted by molar-refractivity contribution is -0.131. The zero-order valence-corrected chi connectivity index (χ0v) is 11.4. The van der Waals surface area contributed by atoms with Crippen molar-refractivity contribution in [2.45, 2.75) is 39.7 Å². The van der Waals surface area contributed by atoms with Gasteiger partial charge in [0.15, 0.2) is 0 Å². The van der Waals surface area contributed by atoms with Crippen molar-refractivity contribution in [1.82, 2.24) is 15.5 Å². The fraction of sp³-hybridized carbons (Fsp3) is 0.833. The van der Waals surface area contributed by atoms with Crippen molar-refractivity contribution >= 4 is 11.8 Å². The number of carbonyl (C=O) groups is 2. The van der Waals surface area contributed by atoms with Gasteiger partial charge in [0.05, 0.1) is 12.6 Å². The molecule has 2 N–H and O–H groups in total. The third-order valence-electron chi connectivity index (χ3n) is 2.64. The number of hydrogen-bond donors (Lipinski definition) is 2. The van der Waals surface area contributed by atoms with Gasteiger partial charge < -0.3 is 10.2 Å². The highest BCUT2D eigenvalue weighted by Crippen LogP contribution is 1.91. The summed E-state index contributed by atoms with van der Waals surface area (Å²) in [5.74, 6) is -0.0499. The van der Waals surface area contributed by atoms with E-state index >= 15 is 0 Å². The van der Waals surface area contributed by atoms with E-state index in [1.165, 1.54) is 0 Å². The summed E-state index contributed by atoms with van der Waals surface area (Å²) in [6, 6.07) is -0.322. The van der Waals surface area contributed by atoms with E-state index < -0.39 is 0 Å². The molecule has 0 bridgehead atoms. The van der Waals surface area contributed by atoms with Gasteiger partial charge in [-0.05, 0) is 20.3 Å². The van der Waals surface area contributed by atoms with Gasteiger partial charge in [-0.2, -0.15) is 0 Å². The predicted octanol–water partition coefficient (Wildman–Crippen LogP) is 0.359. The summed E-state index contributed by atoms with van der Waals surface area (Å²) < 4.78 is 0. The summed E-state index contributed by atoms with van der Waals surface area (Å²) in [7, 11) is 1.75. The van der Waals surface area contributed by atoms with Gasteiger partial charge in [-0.3, -0.25) is 14.9 Å². The van der Waals surface area contributed by atoms with Crippen LogP contribution in [0.25, 0.3) is 0 Å². The van der Waals surface area contributed by atoms with E-state index in [9.17, 15) is 9.59 Å². The summed E-state index contributed by atoms with van der Waals surface area (Å²) in [4.78, 5) is 24.7. The molecular formula is C12H25N3O2. The Bertz CT molecular complexity index is 244. The SMILES string of the molecule is CCCCNC(=O)CNC(C)C(=O)N(C)CC. The molecule has 1 atom stereocenters. The zero-order chi connectivity index (χ0) is 13.3. The van der Waals surface area contributed by atoms with Gasteiger partial charge in [0.25, 0.3) is 0 Å². The van der Waals surface area contributed by atoms with Gasteiger partial charge in [-0.1, -0.05) is 13.3 Å². The molecule has 0 aliphatic rings. The van der Waals surface area contributed by atoms with Crippen LogP contribution in [-0.4, -0.2) is 49.4 Å². The van der Waals surface area contributed by atoms with Crippen LogP contribution in [0.3, 0.4) is 0 Å². The van der Waals surface area contributed by atoms with Crippen molar-refractivity contribution in [3.8, 4) is 0 Å². The number of rotatable bonds is 8. The second-order valence-electron chi connectivity index (χ2n) is 4.16. The van der Waals surface area contributed by atoms with E-state index in [0.29, 0.717) is 13.1 Å². The maximum atomic E-state index is 11.7. The summed E-state index contributed by atoms with van der Waals surface area (Å²) >= 11 is 0. The third kappa shape index (κ3) is 6.94. The highest BCUT2D eigenvalue weighted by atomic mass is 16.2. The second-order valence-corrected chi connectivity index (χ2v) is 4.16. The molecule has 0 radical (unpaired) electrons. The van der Waals surface area contributed by atoms with Crippen LogP contribution < -0.4 is 10.6 Å². The van der Waals surface area contributed by atoms with Gasteiger partial charge in [0, 0.05) is 20.1 Å². The molecule has 2 amide bonds. The molecule has 100 valence electrons. The fourth-order valence-corrected chi connectivity index (χ4v) is 1.29. The molecule has 0 saturated heterocycles. The van der Waals surface area contributed by atoms with Crippen molar-refractivity contribution < 1.29 is 9.59 Å². The molecule has 0 heterocycles. The van der Waals surface area contributed by atoms with E-state index in [-0.39, 0.29) is 24.4 Å². The van der Waals surface area contributed by atoms with E-state index in [1.54, 1.807) is 18.9 Å². The molecule has 5 nitrogen and oxygen atoms in total. The Morgan fingerprint density at radius 3 is 2.47 bits per heavy atom. The van der Waals surface area contributed by atoms with Gasteiger partial charge in [0.2, 0.25) is 11.8 Å². The lowest BCUT2D eigenvalue weighted by Crippen LogP contribution is -2.46. The lowest BCUT2D eigenvalue weighted by atomic mass is 10.3. The van der Waals surface area contributed by atoms with Gasteiger partial charge in [0.1, 0.15) is 0 Å². The van der Waals surface area contributed by atoms with Crippen molar-refractivity contribution in [2.75, 3.05) is 26.7 Å². The van der Waals surface area contributed by atoms with Crippen LogP contribution in [0.15, 0.2) is 0 Å². The Balaban J connectivity index is 3.79. The van der Waals surface area contributed by atoms with Crippen molar-refractivity contribution in [1.29, 1.82) is 0 Å². The first kappa shape index (κ1) is 15.9. The molecule has 1 unspecified atom stereocenters. The minimum absolute atomic E-state index is 0.00820. The minimum atomic E-state index is -0.322. The Kier molecular flexibility index (Phi) is 8.40. The van der Waals surface area contributed by atoms with Crippen LogP contribution in [0.2, 0.25) is 0 Å². The summed E-state index contributed by atoms with van der Waals surface area (Å²) in [6.45, 7) is 7.33. The Morgan fingerprint density at radius 1 is 1.29 bits per heavy atom. The smallest absolute Gasteiger partial charge is 0.239 e. The monoisotopic (exact) mass is 243 g/mol. The number of hydrogen-bond acceptors (Lipinski definition) is 3. The van der Waals surface area contributed by atoms with Crippen molar-refractivity contribution in [3.63, 3.8) is 0 Å². The van der Waals surface area contributed by atoms with E-state index in [4.69, 9.17) is 0 Å². The van der Waals surface area contributed by atoms with E-state index in [2.05, 4.69) is 17.6 Å². The Hall–Kier alpha value is -1.10. The molecule has 5 heteroatoms. The Labute approximate surface area is 104 Å². The fourth-order valence-electron chi connectivity index (χ4n) is 1.29. The number of carbonyl (C=O) groups excluding carboxylic acids is 2. The van der Waals surface area contributed by atoms with E-state index in [0.717, 1.165) is 12.8 Å². The minimum Gasteiger partial charge on any atom is -0.355 e. The number of unbranched alkanes of at least 4 members (excludes halogenated alkanes) is 1. The summed E-state index contributed by atoms with van der Waals surface area (Å²) in [5.41, 5.74) is 0. The number of nitrogens with zero attached hydrogens (tertiary/aromatic N) is 1. The molecule has 0 aromatic heterocycles. The third-order valence-corrected chi connectivity index (χ3v) is 2.64. The lowest BCUT2D eigenvalue weighted by Gasteiger charge is -2.20. The number of likely N-dealkylation sites (N-methyl/N-ethyl adjacent to an activating group) is 1. The van der Waals surface area contributed by atoms with Crippen LogP contribution in [0.1, 0.15) is 33.6 Å². The second kappa shape index (κ2) is 8.98. The zero-order valence-electron chi connectivity index (χ0n) is 11.4. The van der Waals surface area contributed by atoms with Crippen LogP contribution in [-0.2, 0) is 9.59 Å². The summed E-state index contributed by atoms with van der Waals surface area (Å²) in [6.07, 6.45) is 2.04. The molecule has 0 rings (SSSR count). The maximum Gasteiger partial charge on any atom is 0.239 e. The largest absolute Gasteiger partial charge is 0.355 e. The quantitative estimate of drug-likeness (QED) is 0.605. The molecule has 0 saturated carbocycles. The van der Waals surface area contributed by atoms with Crippen LogP contribution >= 0.6 is 0 Å². The highest BCUT2D eigenvalue weighted by molar-refractivity contribution is 5.83. The molecular weight excluding hydrogens is 218 g/mol.